The van der Waals surface area contributed by atoms with E-state index in [1.807, 2.05) is 31.2 Å². The van der Waals surface area contributed by atoms with Crippen LogP contribution in [0, 0.1) is 6.92 Å². The Labute approximate surface area is 224 Å². The van der Waals surface area contributed by atoms with Gasteiger partial charge in [0.15, 0.2) is 11.1 Å². The molecule has 10 heteroatoms. The van der Waals surface area contributed by atoms with E-state index in [4.69, 9.17) is 19.0 Å². The molecule has 2 N–H and O–H groups in total. The third-order valence-electron chi connectivity index (χ3n) is 6.75. The van der Waals surface area contributed by atoms with Crippen molar-refractivity contribution in [1.29, 1.82) is 0 Å². The number of carbonyl (C=O) groups is 2. The molecule has 2 heterocycles. The van der Waals surface area contributed by atoms with Gasteiger partial charge in [-0.05, 0) is 73.4 Å². The van der Waals surface area contributed by atoms with Crippen molar-refractivity contribution in [2.45, 2.75) is 38.6 Å². The number of carboxylic acid groups (broad SMARTS) is 1. The standard InChI is InChI=1S/C29H28FN3O6/c1-17-6-3-4-7-21(17)31-29-32-26-23(37-2)14-18(15-24(26)39-29)16-25(34)33-13-5-8-22(33)27(30)38-20-11-9-19(10-12-20)28(35)36/h3-4,6-7,9-12,14-15,22,27H,5,8,13,16H2,1-2H3,(H,31,32)(H,35,36). The second kappa shape index (κ2) is 11.0. The first-order valence-electron chi connectivity index (χ1n) is 12.6. The van der Waals surface area contributed by atoms with Crippen molar-refractivity contribution < 1.29 is 33.0 Å². The summed E-state index contributed by atoms with van der Waals surface area (Å²) in [6.45, 7) is 2.39. The summed E-state index contributed by atoms with van der Waals surface area (Å²) in [6.07, 6.45) is -0.632. The van der Waals surface area contributed by atoms with Crippen LogP contribution in [0.5, 0.6) is 11.5 Å². The molecule has 2 atom stereocenters. The maximum absolute atomic E-state index is 15.2. The number of benzene rings is 3. The largest absolute Gasteiger partial charge is 0.494 e. The van der Waals surface area contributed by atoms with Crippen LogP contribution >= 0.6 is 0 Å². The van der Waals surface area contributed by atoms with Gasteiger partial charge in [0.05, 0.1) is 25.1 Å². The number of halogens is 1. The quantitative estimate of drug-likeness (QED) is 0.290. The lowest BCUT2D eigenvalue weighted by atomic mass is 10.1. The first-order chi connectivity index (χ1) is 18.8. The number of para-hydroxylation sites is 1. The fourth-order valence-corrected chi connectivity index (χ4v) is 4.73. The topological polar surface area (TPSA) is 114 Å². The van der Waals surface area contributed by atoms with Gasteiger partial charge in [-0.3, -0.25) is 4.79 Å². The zero-order chi connectivity index (χ0) is 27.5. The molecule has 39 heavy (non-hydrogen) atoms. The van der Waals surface area contributed by atoms with Crippen LogP contribution < -0.4 is 14.8 Å². The van der Waals surface area contributed by atoms with Gasteiger partial charge >= 0.3 is 5.97 Å². The van der Waals surface area contributed by atoms with Crippen molar-refractivity contribution >= 4 is 34.7 Å². The molecule has 1 fully saturated rings. The minimum absolute atomic E-state index is 0.0179. The average Bonchev–Trinajstić information content (AvgIpc) is 3.57. The molecule has 3 aromatic carbocycles. The van der Waals surface area contributed by atoms with E-state index in [1.54, 1.807) is 12.1 Å². The maximum Gasteiger partial charge on any atom is 0.335 e. The van der Waals surface area contributed by atoms with Crippen LogP contribution in [0.3, 0.4) is 0 Å². The van der Waals surface area contributed by atoms with Crippen molar-refractivity contribution in [1.82, 2.24) is 9.88 Å². The number of aromatic nitrogens is 1. The first-order valence-corrected chi connectivity index (χ1v) is 12.6. The van der Waals surface area contributed by atoms with E-state index < -0.39 is 18.4 Å². The summed E-state index contributed by atoms with van der Waals surface area (Å²) in [4.78, 5) is 30.3. The van der Waals surface area contributed by atoms with E-state index in [0.717, 1.165) is 11.3 Å². The molecule has 5 rings (SSSR count). The zero-order valence-corrected chi connectivity index (χ0v) is 21.5. The summed E-state index contributed by atoms with van der Waals surface area (Å²) in [7, 11) is 1.52. The molecule has 9 nitrogen and oxygen atoms in total. The molecule has 0 radical (unpaired) electrons. The van der Waals surface area contributed by atoms with E-state index in [1.165, 1.54) is 36.3 Å². The second-order valence-electron chi connectivity index (χ2n) is 9.38. The van der Waals surface area contributed by atoms with Crippen molar-refractivity contribution in [2.24, 2.45) is 0 Å². The van der Waals surface area contributed by atoms with E-state index >= 15 is 4.39 Å². The lowest BCUT2D eigenvalue weighted by Gasteiger charge is -2.27. The number of carboxylic acids is 1. The van der Waals surface area contributed by atoms with E-state index in [9.17, 15) is 9.59 Å². The molecule has 202 valence electrons. The molecular weight excluding hydrogens is 505 g/mol. The highest BCUT2D eigenvalue weighted by molar-refractivity contribution is 5.88. The number of fused-ring (bicyclic) bond motifs is 1. The summed E-state index contributed by atoms with van der Waals surface area (Å²) in [6, 6.07) is 16.3. The first kappa shape index (κ1) is 26.0. The number of alkyl halides is 1. The summed E-state index contributed by atoms with van der Waals surface area (Å²) < 4.78 is 32.0. The Balaban J connectivity index is 1.30. The molecular formula is C29H28FN3O6. The van der Waals surface area contributed by atoms with Crippen LogP contribution in [0.15, 0.2) is 65.1 Å². The van der Waals surface area contributed by atoms with Gasteiger partial charge in [0.1, 0.15) is 11.5 Å². The van der Waals surface area contributed by atoms with Gasteiger partial charge in [0, 0.05) is 12.2 Å². The number of aryl methyl sites for hydroxylation is 1. The number of nitrogens with one attached hydrogen (secondary N) is 1. The lowest BCUT2D eigenvalue weighted by molar-refractivity contribution is -0.135. The summed E-state index contributed by atoms with van der Waals surface area (Å²) in [5, 5.41) is 12.2. The number of ether oxygens (including phenoxy) is 2. The Morgan fingerprint density at radius 1 is 1.21 bits per heavy atom. The molecule has 1 saturated heterocycles. The highest BCUT2D eigenvalue weighted by Crippen LogP contribution is 2.32. The van der Waals surface area contributed by atoms with E-state index in [0.29, 0.717) is 47.8 Å². The number of anilines is 2. The molecule has 4 aromatic rings. The molecule has 1 aromatic heterocycles. The molecule has 1 amide bonds. The normalized spacial score (nSPS) is 15.8. The summed E-state index contributed by atoms with van der Waals surface area (Å²) >= 11 is 0. The van der Waals surface area contributed by atoms with Crippen molar-refractivity contribution in [3.8, 4) is 11.5 Å². The number of hydrogen-bond acceptors (Lipinski definition) is 7. The van der Waals surface area contributed by atoms with Crippen molar-refractivity contribution in [2.75, 3.05) is 19.0 Å². The Bertz CT molecular complexity index is 1500. The number of methoxy groups -OCH3 is 1. The number of nitrogens with zero attached hydrogens (tertiary/aromatic N) is 2. The van der Waals surface area contributed by atoms with Gasteiger partial charge in [-0.1, -0.05) is 18.2 Å². The fourth-order valence-electron chi connectivity index (χ4n) is 4.73. The summed E-state index contributed by atoms with van der Waals surface area (Å²) in [5.74, 6) is -0.664. The Hall–Kier alpha value is -4.60. The number of carbonyl (C=O) groups excluding carboxylic acids is 1. The van der Waals surface area contributed by atoms with Crippen LogP contribution in [-0.4, -0.2) is 52.9 Å². The van der Waals surface area contributed by atoms with Gasteiger partial charge in [-0.2, -0.15) is 9.37 Å². The van der Waals surface area contributed by atoms with Gasteiger partial charge in [-0.15, -0.1) is 0 Å². The Kier molecular flexibility index (Phi) is 7.36. The molecule has 1 aliphatic heterocycles. The SMILES string of the molecule is COc1cc(CC(=O)N2CCCC2C(F)Oc2ccc(C(=O)O)cc2)cc2oc(Nc3ccccc3C)nc12. The highest BCUT2D eigenvalue weighted by Gasteiger charge is 2.36. The number of likely N-dealkylation sites (tertiary alicyclic amines) is 1. The minimum atomic E-state index is -1.76. The smallest absolute Gasteiger partial charge is 0.335 e. The number of oxazole rings is 1. The van der Waals surface area contributed by atoms with Crippen LogP contribution in [0.1, 0.15) is 34.3 Å². The van der Waals surface area contributed by atoms with Gasteiger partial charge in [-0.25, -0.2) is 4.79 Å². The zero-order valence-electron chi connectivity index (χ0n) is 21.5. The molecule has 0 bridgehead atoms. The lowest BCUT2D eigenvalue weighted by Crippen LogP contribution is -2.44. The van der Waals surface area contributed by atoms with Crippen LogP contribution in [-0.2, 0) is 11.2 Å². The van der Waals surface area contributed by atoms with Crippen LogP contribution in [0.25, 0.3) is 11.1 Å². The maximum atomic E-state index is 15.2. The fraction of sp³-hybridized carbons (Fsp3) is 0.276. The third kappa shape index (κ3) is 5.64. The molecule has 1 aliphatic rings. The second-order valence-corrected chi connectivity index (χ2v) is 9.38. The van der Waals surface area contributed by atoms with Gasteiger partial charge in [0.2, 0.25) is 5.91 Å². The number of rotatable bonds is 9. The van der Waals surface area contributed by atoms with Crippen LogP contribution in [0.4, 0.5) is 16.1 Å². The number of aromatic carboxylic acids is 1. The van der Waals surface area contributed by atoms with Crippen LogP contribution in [0.2, 0.25) is 0 Å². The summed E-state index contributed by atoms with van der Waals surface area (Å²) in [5.41, 5.74) is 3.60. The molecule has 0 aliphatic carbocycles. The predicted octanol–water partition coefficient (Wildman–Crippen LogP) is 5.49. The Morgan fingerprint density at radius 3 is 2.69 bits per heavy atom. The Morgan fingerprint density at radius 2 is 1.97 bits per heavy atom. The molecule has 2 unspecified atom stereocenters. The predicted molar refractivity (Wildman–Crippen MR) is 142 cm³/mol. The average molecular weight is 534 g/mol. The van der Waals surface area contributed by atoms with Crippen molar-refractivity contribution in [3.63, 3.8) is 0 Å². The molecule has 0 saturated carbocycles. The highest BCUT2D eigenvalue weighted by atomic mass is 19.1. The molecule has 0 spiro atoms. The van der Waals surface area contributed by atoms with Gasteiger partial charge < -0.3 is 29.2 Å². The third-order valence-corrected chi connectivity index (χ3v) is 6.75. The minimum Gasteiger partial charge on any atom is -0.494 e. The van der Waals surface area contributed by atoms with E-state index in [-0.39, 0.29) is 23.6 Å². The number of amides is 1. The monoisotopic (exact) mass is 533 g/mol. The van der Waals surface area contributed by atoms with Gasteiger partial charge in [0.25, 0.3) is 12.4 Å². The van der Waals surface area contributed by atoms with Crippen molar-refractivity contribution in [3.05, 3.63) is 77.4 Å². The number of hydrogen-bond donors (Lipinski definition) is 2. The van der Waals surface area contributed by atoms with E-state index in [2.05, 4.69) is 10.3 Å².